The number of ether oxygens (including phenoxy) is 1. The van der Waals surface area contributed by atoms with E-state index in [1.54, 1.807) is 0 Å². The van der Waals surface area contributed by atoms with Crippen molar-refractivity contribution in [3.8, 4) is 5.75 Å². The van der Waals surface area contributed by atoms with Gasteiger partial charge in [0.1, 0.15) is 17.4 Å². The van der Waals surface area contributed by atoms with Crippen LogP contribution in [0.1, 0.15) is 30.9 Å². The minimum atomic E-state index is -1.33. The zero-order valence-electron chi connectivity index (χ0n) is 11.8. The molecule has 2 aliphatic heterocycles. The fraction of sp³-hybridized carbons (Fsp3) is 0.533. The van der Waals surface area contributed by atoms with Gasteiger partial charge in [-0.1, -0.05) is 12.1 Å². The average molecular weight is 276 g/mol. The summed E-state index contributed by atoms with van der Waals surface area (Å²) in [4.78, 5) is 13.8. The zero-order chi connectivity index (χ0) is 14.5. The first-order valence-corrected chi connectivity index (χ1v) is 7.00. The van der Waals surface area contributed by atoms with E-state index >= 15 is 0 Å². The maximum Gasteiger partial charge on any atom is 0.328 e. The second-order valence-electron chi connectivity index (χ2n) is 5.88. The molecular formula is C15H20N2O3. The Morgan fingerprint density at radius 1 is 1.55 bits per heavy atom. The van der Waals surface area contributed by atoms with Gasteiger partial charge in [-0.15, -0.1) is 0 Å². The molecule has 0 fully saturated rings. The normalized spacial score (nSPS) is 28.4. The van der Waals surface area contributed by atoms with Crippen LogP contribution in [0.2, 0.25) is 0 Å². The first-order valence-electron chi connectivity index (χ1n) is 7.00. The van der Waals surface area contributed by atoms with Gasteiger partial charge in [0.05, 0.1) is 5.69 Å². The van der Waals surface area contributed by atoms with E-state index in [0.29, 0.717) is 12.0 Å². The number of rotatable bonds is 1. The molecule has 5 nitrogen and oxygen atoms in total. The van der Waals surface area contributed by atoms with Crippen LogP contribution in [-0.2, 0) is 16.8 Å². The standard InChI is InChI=1S/C15H20N2O3/c1-9-8-10-4-5-11-12(13(10)20-9)17(2)7-3-6-15(11,16)14(18)19/h4-5,9H,3,6-8,16H2,1-2H3,(H,18,19). The first kappa shape index (κ1) is 13.2. The van der Waals surface area contributed by atoms with Crippen LogP contribution in [0.25, 0.3) is 0 Å². The van der Waals surface area contributed by atoms with Crippen LogP contribution in [0.15, 0.2) is 12.1 Å². The minimum Gasteiger partial charge on any atom is -0.488 e. The number of fused-ring (bicyclic) bond motifs is 3. The van der Waals surface area contributed by atoms with Crippen molar-refractivity contribution in [2.24, 2.45) is 5.73 Å². The Hall–Kier alpha value is -1.75. The molecule has 0 amide bonds. The lowest BCUT2D eigenvalue weighted by Gasteiger charge is -2.28. The predicted octanol–water partition coefficient (Wildman–Crippen LogP) is 1.48. The number of benzene rings is 1. The number of anilines is 1. The van der Waals surface area contributed by atoms with Crippen molar-refractivity contribution in [1.82, 2.24) is 0 Å². The lowest BCUT2D eigenvalue weighted by atomic mass is 9.85. The Kier molecular flexibility index (Phi) is 2.90. The van der Waals surface area contributed by atoms with Crippen LogP contribution in [-0.4, -0.2) is 30.8 Å². The van der Waals surface area contributed by atoms with E-state index in [-0.39, 0.29) is 6.10 Å². The Morgan fingerprint density at radius 3 is 3.00 bits per heavy atom. The number of carboxylic acids is 1. The van der Waals surface area contributed by atoms with E-state index in [1.165, 1.54) is 0 Å². The molecule has 1 aromatic rings. The lowest BCUT2D eigenvalue weighted by Crippen LogP contribution is -2.44. The summed E-state index contributed by atoms with van der Waals surface area (Å²) in [5.74, 6) is -0.157. The van der Waals surface area contributed by atoms with Gasteiger partial charge in [0.15, 0.2) is 0 Å². The predicted molar refractivity (Wildman–Crippen MR) is 76.2 cm³/mol. The molecule has 0 saturated carbocycles. The van der Waals surface area contributed by atoms with Crippen molar-refractivity contribution in [3.05, 3.63) is 23.3 Å². The summed E-state index contributed by atoms with van der Waals surface area (Å²) in [6.45, 7) is 2.81. The van der Waals surface area contributed by atoms with Crippen LogP contribution in [0, 0.1) is 0 Å². The third-order valence-electron chi connectivity index (χ3n) is 4.35. The monoisotopic (exact) mass is 276 g/mol. The summed E-state index contributed by atoms with van der Waals surface area (Å²) >= 11 is 0. The molecule has 2 unspecified atom stereocenters. The molecule has 2 atom stereocenters. The van der Waals surface area contributed by atoms with Gasteiger partial charge < -0.3 is 20.5 Å². The SMILES string of the molecule is CC1Cc2ccc3c(c2O1)N(C)CCCC3(N)C(=O)O. The Labute approximate surface area is 118 Å². The van der Waals surface area contributed by atoms with E-state index in [9.17, 15) is 9.90 Å². The highest BCUT2D eigenvalue weighted by Crippen LogP contribution is 2.46. The molecule has 3 rings (SSSR count). The molecule has 2 aliphatic rings. The molecule has 0 aromatic heterocycles. The van der Waals surface area contributed by atoms with Gasteiger partial charge in [-0.25, -0.2) is 4.79 Å². The Morgan fingerprint density at radius 2 is 2.30 bits per heavy atom. The molecule has 2 heterocycles. The summed E-state index contributed by atoms with van der Waals surface area (Å²) in [5.41, 5.74) is 7.55. The third-order valence-corrected chi connectivity index (χ3v) is 4.35. The van der Waals surface area contributed by atoms with Crippen LogP contribution in [0.4, 0.5) is 5.69 Å². The number of hydrogen-bond acceptors (Lipinski definition) is 4. The third kappa shape index (κ3) is 1.77. The maximum absolute atomic E-state index is 11.7. The summed E-state index contributed by atoms with van der Waals surface area (Å²) in [5, 5.41) is 9.57. The van der Waals surface area contributed by atoms with E-state index < -0.39 is 11.5 Å². The summed E-state index contributed by atoms with van der Waals surface area (Å²) in [6.07, 6.45) is 2.18. The van der Waals surface area contributed by atoms with E-state index in [0.717, 1.165) is 36.4 Å². The van der Waals surface area contributed by atoms with Crippen molar-refractivity contribution in [2.45, 2.75) is 37.8 Å². The topological polar surface area (TPSA) is 75.8 Å². The molecule has 0 radical (unpaired) electrons. The highest BCUT2D eigenvalue weighted by atomic mass is 16.5. The summed E-state index contributed by atoms with van der Waals surface area (Å²) in [7, 11) is 1.97. The summed E-state index contributed by atoms with van der Waals surface area (Å²) < 4.78 is 5.91. The number of hydrogen-bond donors (Lipinski definition) is 2. The van der Waals surface area contributed by atoms with Gasteiger partial charge in [0.2, 0.25) is 0 Å². The maximum atomic E-state index is 11.7. The molecule has 108 valence electrons. The largest absolute Gasteiger partial charge is 0.488 e. The second-order valence-corrected chi connectivity index (χ2v) is 5.88. The number of nitrogens with zero attached hydrogens (tertiary/aromatic N) is 1. The van der Waals surface area contributed by atoms with Crippen LogP contribution in [0.5, 0.6) is 5.75 Å². The van der Waals surface area contributed by atoms with E-state index in [2.05, 4.69) is 4.90 Å². The number of nitrogens with two attached hydrogens (primary N) is 1. The summed E-state index contributed by atoms with van der Waals surface area (Å²) in [6, 6.07) is 3.83. The van der Waals surface area contributed by atoms with Gasteiger partial charge in [0.25, 0.3) is 0 Å². The molecule has 3 N–H and O–H groups in total. The van der Waals surface area contributed by atoms with E-state index in [4.69, 9.17) is 10.5 Å². The highest BCUT2D eigenvalue weighted by molar-refractivity contribution is 5.85. The van der Waals surface area contributed by atoms with E-state index in [1.807, 2.05) is 26.1 Å². The molecule has 1 aromatic carbocycles. The van der Waals surface area contributed by atoms with Crippen molar-refractivity contribution < 1.29 is 14.6 Å². The van der Waals surface area contributed by atoms with Crippen molar-refractivity contribution in [2.75, 3.05) is 18.5 Å². The molecule has 20 heavy (non-hydrogen) atoms. The van der Waals surface area contributed by atoms with Crippen molar-refractivity contribution >= 4 is 11.7 Å². The lowest BCUT2D eigenvalue weighted by molar-refractivity contribution is -0.144. The Balaban J connectivity index is 2.23. The smallest absolute Gasteiger partial charge is 0.328 e. The van der Waals surface area contributed by atoms with Gasteiger partial charge in [-0.2, -0.15) is 0 Å². The fourth-order valence-corrected chi connectivity index (χ4v) is 3.26. The van der Waals surface area contributed by atoms with Gasteiger partial charge >= 0.3 is 5.97 Å². The molecule has 0 saturated heterocycles. The van der Waals surface area contributed by atoms with Crippen LogP contribution < -0.4 is 15.4 Å². The van der Waals surface area contributed by atoms with Crippen molar-refractivity contribution in [3.63, 3.8) is 0 Å². The quantitative estimate of drug-likeness (QED) is 0.812. The van der Waals surface area contributed by atoms with Crippen molar-refractivity contribution in [1.29, 1.82) is 0 Å². The highest BCUT2D eigenvalue weighted by Gasteiger charge is 2.42. The van der Waals surface area contributed by atoms with Crippen LogP contribution in [0.3, 0.4) is 0 Å². The number of carbonyl (C=O) groups is 1. The number of aliphatic carboxylic acids is 1. The molecule has 0 bridgehead atoms. The molecule has 5 heteroatoms. The van der Waals surface area contributed by atoms with Crippen LogP contribution >= 0.6 is 0 Å². The number of carboxylic acid groups (broad SMARTS) is 1. The van der Waals surface area contributed by atoms with Gasteiger partial charge in [-0.3, -0.25) is 0 Å². The molecular weight excluding hydrogens is 256 g/mol. The zero-order valence-corrected chi connectivity index (χ0v) is 11.8. The molecule has 0 spiro atoms. The second kappa shape index (κ2) is 4.38. The first-order chi connectivity index (χ1) is 9.43. The Bertz CT molecular complexity index is 572. The minimum absolute atomic E-state index is 0.130. The molecule has 0 aliphatic carbocycles. The fourth-order valence-electron chi connectivity index (χ4n) is 3.26. The average Bonchev–Trinajstić information content (AvgIpc) is 2.70. The van der Waals surface area contributed by atoms with Gasteiger partial charge in [0, 0.05) is 25.6 Å². The van der Waals surface area contributed by atoms with Gasteiger partial charge in [-0.05, 0) is 25.3 Å².